The molecule has 0 spiro atoms. The van der Waals surface area contributed by atoms with E-state index in [2.05, 4.69) is 10.3 Å². The number of aromatic hydroxyl groups is 1. The first kappa shape index (κ1) is 44.6. The lowest BCUT2D eigenvalue weighted by atomic mass is 9.82. The summed E-state index contributed by atoms with van der Waals surface area (Å²) >= 11 is 0. The molecule has 1 unspecified atom stereocenters. The number of nitrogens with zero attached hydrogens (tertiary/aromatic N) is 1. The lowest BCUT2D eigenvalue weighted by Gasteiger charge is -2.51. The predicted octanol–water partition coefficient (Wildman–Crippen LogP) is 8.50. The van der Waals surface area contributed by atoms with E-state index < -0.39 is 29.6 Å². The second-order valence-electron chi connectivity index (χ2n) is 17.1. The van der Waals surface area contributed by atoms with Crippen LogP contribution in [0.15, 0.2) is 102 Å². The van der Waals surface area contributed by atoms with E-state index in [-0.39, 0.29) is 53.5 Å². The van der Waals surface area contributed by atoms with Crippen molar-refractivity contribution in [2.24, 2.45) is 5.92 Å². The van der Waals surface area contributed by atoms with E-state index in [1.165, 1.54) is 24.3 Å². The summed E-state index contributed by atoms with van der Waals surface area (Å²) < 4.78 is 44.5. The number of aromatic nitrogens is 1. The number of nitrogens with one attached hydrogen (secondary N) is 2. The molecule has 4 N–H and O–H groups in total. The van der Waals surface area contributed by atoms with Gasteiger partial charge in [-0.1, -0.05) is 98.8 Å². The number of carbonyl (C=O) groups excluding carboxylic acids is 2. The van der Waals surface area contributed by atoms with Crippen molar-refractivity contribution in [2.75, 3.05) is 45.9 Å². The lowest BCUT2D eigenvalue weighted by Crippen LogP contribution is -2.65. The molecule has 4 aromatic carbocycles. The summed E-state index contributed by atoms with van der Waals surface area (Å²) in [5, 5.41) is 24.7. The highest BCUT2D eigenvalue weighted by Gasteiger charge is 2.48. The molecule has 0 aliphatic carbocycles. The number of phenolic OH excluding ortho intramolecular Hbond substituents is 1. The standard InChI is InChI=1S/C50H57F2N3O7/c51-40-20-22-44(61-29-13-5-3-1-2-4-12-26-53-31-42(57)37-18-21-41(56)50-38(37)19-23-46(59)54-50)49(52)48(40)39(34-14-8-6-9-15-34)30-47(60)62-45-33-55(27-24-36(45)25-28-55)32-43(58)35-16-10-7-11-17-35/h6-11,14-23,36,39,42,45,53,57H,1-5,12-13,24-33H2,(H-,54,56,59)/p+1/t36?,39?,42-,45-,55?/m0/s1. The number of hydrogen-bond acceptors (Lipinski definition) is 8. The Hall–Kier alpha value is -5.43. The van der Waals surface area contributed by atoms with E-state index in [9.17, 15) is 24.6 Å². The zero-order valence-corrected chi connectivity index (χ0v) is 35.2. The maximum Gasteiger partial charge on any atom is 0.307 e. The minimum atomic E-state index is -0.927. The Bertz CT molecular complexity index is 2330. The molecule has 2 bridgehead atoms. The second kappa shape index (κ2) is 21.1. The first-order chi connectivity index (χ1) is 30.1. The molecule has 1 aromatic heterocycles. The van der Waals surface area contributed by atoms with E-state index in [1.54, 1.807) is 36.4 Å². The Morgan fingerprint density at radius 3 is 2.27 bits per heavy atom. The zero-order chi connectivity index (χ0) is 43.5. The number of ketones is 1. The number of phenols is 1. The molecular weight excluding hydrogens is 793 g/mol. The van der Waals surface area contributed by atoms with Gasteiger partial charge in [0.2, 0.25) is 11.3 Å². The number of quaternary nitrogens is 1. The van der Waals surface area contributed by atoms with Crippen LogP contribution >= 0.6 is 0 Å². The van der Waals surface area contributed by atoms with Crippen molar-refractivity contribution in [2.45, 2.75) is 82.3 Å². The summed E-state index contributed by atoms with van der Waals surface area (Å²) in [7, 11) is 0. The monoisotopic (exact) mass is 850 g/mol. The molecule has 328 valence electrons. The fraction of sp³-hybridized carbons (Fsp3) is 0.420. The van der Waals surface area contributed by atoms with Crippen LogP contribution in [0.1, 0.15) is 103 Å². The quantitative estimate of drug-likeness (QED) is 0.0236. The number of aliphatic hydroxyl groups is 1. The number of piperidine rings is 3. The topological polar surface area (TPSA) is 138 Å². The van der Waals surface area contributed by atoms with E-state index in [0.717, 1.165) is 71.0 Å². The summed E-state index contributed by atoms with van der Waals surface area (Å²) in [4.78, 5) is 41.2. The molecule has 3 fully saturated rings. The van der Waals surface area contributed by atoms with Gasteiger partial charge in [-0.05, 0) is 54.8 Å². The first-order valence-electron chi connectivity index (χ1n) is 22.1. The molecule has 3 aliphatic heterocycles. The summed E-state index contributed by atoms with van der Waals surface area (Å²) in [6.07, 6.45) is 6.96. The van der Waals surface area contributed by atoms with Crippen molar-refractivity contribution in [3.05, 3.63) is 141 Å². The molecule has 62 heavy (non-hydrogen) atoms. The van der Waals surface area contributed by atoms with E-state index in [4.69, 9.17) is 9.47 Å². The van der Waals surface area contributed by atoms with Crippen molar-refractivity contribution in [3.8, 4) is 11.5 Å². The van der Waals surface area contributed by atoms with Gasteiger partial charge < -0.3 is 34.5 Å². The molecule has 3 atom stereocenters. The number of fused-ring (bicyclic) bond motifs is 4. The highest BCUT2D eigenvalue weighted by Crippen LogP contribution is 2.39. The van der Waals surface area contributed by atoms with Gasteiger partial charge >= 0.3 is 5.97 Å². The number of pyridine rings is 1. The Kier molecular flexibility index (Phi) is 15.2. The largest absolute Gasteiger partial charge is 0.506 e. The predicted molar refractivity (Wildman–Crippen MR) is 234 cm³/mol. The van der Waals surface area contributed by atoms with Crippen LogP contribution < -0.4 is 15.6 Å². The van der Waals surface area contributed by atoms with Crippen molar-refractivity contribution in [1.29, 1.82) is 0 Å². The van der Waals surface area contributed by atoms with Crippen LogP contribution in [-0.4, -0.2) is 83.4 Å². The number of esters is 1. The number of carbonyl (C=O) groups is 2. The number of hydrogen-bond donors (Lipinski definition) is 4. The van der Waals surface area contributed by atoms with Crippen LogP contribution in [0.3, 0.4) is 0 Å². The number of halogens is 2. The molecule has 0 saturated carbocycles. The summed E-state index contributed by atoms with van der Waals surface area (Å²) in [6.45, 7) is 3.97. The third kappa shape index (κ3) is 11.1. The summed E-state index contributed by atoms with van der Waals surface area (Å²) in [6, 6.07) is 26.8. The molecule has 5 aromatic rings. The van der Waals surface area contributed by atoms with Gasteiger partial charge in [-0.25, -0.2) is 8.78 Å². The number of benzene rings is 4. The molecule has 0 amide bonds. The van der Waals surface area contributed by atoms with Crippen molar-refractivity contribution in [1.82, 2.24) is 10.3 Å². The van der Waals surface area contributed by atoms with Gasteiger partial charge in [-0.2, -0.15) is 0 Å². The Morgan fingerprint density at radius 2 is 1.53 bits per heavy atom. The number of unbranched alkanes of at least 4 members (excludes halogenated alkanes) is 6. The number of ether oxygens (including phenoxy) is 2. The minimum Gasteiger partial charge on any atom is -0.506 e. The molecule has 3 saturated heterocycles. The van der Waals surface area contributed by atoms with Crippen LogP contribution in [0.25, 0.3) is 10.9 Å². The van der Waals surface area contributed by atoms with E-state index >= 15 is 8.78 Å². The smallest absolute Gasteiger partial charge is 0.307 e. The maximum absolute atomic E-state index is 16.2. The third-order valence-electron chi connectivity index (χ3n) is 12.8. The van der Waals surface area contributed by atoms with Gasteiger partial charge in [-0.3, -0.25) is 14.4 Å². The third-order valence-corrected chi connectivity index (χ3v) is 12.8. The lowest BCUT2D eigenvalue weighted by molar-refractivity contribution is -0.938. The molecular formula is C50H58F2N3O7+. The van der Waals surface area contributed by atoms with Crippen LogP contribution in [-0.2, 0) is 9.53 Å². The van der Waals surface area contributed by atoms with Crippen molar-refractivity contribution >= 4 is 22.7 Å². The second-order valence-corrected chi connectivity index (χ2v) is 17.1. The Balaban J connectivity index is 0.846. The van der Waals surface area contributed by atoms with Crippen LogP contribution in [0, 0.1) is 17.6 Å². The molecule has 8 rings (SSSR count). The number of rotatable bonds is 22. The van der Waals surface area contributed by atoms with Gasteiger partial charge in [-0.15, -0.1) is 0 Å². The van der Waals surface area contributed by atoms with Gasteiger partial charge in [0.15, 0.2) is 17.7 Å². The normalized spacial score (nSPS) is 19.3. The maximum atomic E-state index is 16.2. The Morgan fingerprint density at radius 1 is 0.839 bits per heavy atom. The average Bonchev–Trinajstić information content (AvgIpc) is 3.28. The minimum absolute atomic E-state index is 0.0407. The van der Waals surface area contributed by atoms with Crippen molar-refractivity contribution in [3.63, 3.8) is 0 Å². The van der Waals surface area contributed by atoms with Gasteiger partial charge in [0.1, 0.15) is 24.7 Å². The SMILES string of the molecule is O=C(CC(c1ccccc1)c1c(F)ccc(OCCCCCCCCCNC[C@H](O)c2ccc(O)c3[nH]c(=O)ccc23)c1F)O[C@H]1C[N+]2(CC(=O)c3ccccc3)CCC1CC2. The summed E-state index contributed by atoms with van der Waals surface area (Å²) in [5.41, 5.74) is 1.68. The molecule has 10 nitrogen and oxygen atoms in total. The van der Waals surface area contributed by atoms with Gasteiger partial charge in [0.05, 0.1) is 37.7 Å². The summed E-state index contributed by atoms with van der Waals surface area (Å²) in [5.74, 6) is -2.84. The molecule has 4 heterocycles. The molecule has 12 heteroatoms. The highest BCUT2D eigenvalue weighted by molar-refractivity contribution is 5.97. The fourth-order valence-corrected chi connectivity index (χ4v) is 9.35. The van der Waals surface area contributed by atoms with E-state index in [0.29, 0.717) is 58.1 Å². The zero-order valence-electron chi connectivity index (χ0n) is 35.2. The Labute approximate surface area is 361 Å². The van der Waals surface area contributed by atoms with E-state index in [1.807, 2.05) is 36.4 Å². The number of H-pyrrole nitrogens is 1. The van der Waals surface area contributed by atoms with Crippen molar-refractivity contribution < 1.29 is 42.5 Å². The fourth-order valence-electron chi connectivity index (χ4n) is 9.35. The number of aromatic amines is 1. The number of Topliss-reactive ketones (excluding diaryl/α,β-unsaturated/α-hetero) is 1. The average molecular weight is 851 g/mol. The number of aliphatic hydroxyl groups excluding tert-OH is 1. The van der Waals surface area contributed by atoms with Gasteiger partial charge in [0.25, 0.3) is 0 Å². The van der Waals surface area contributed by atoms with Crippen LogP contribution in [0.2, 0.25) is 0 Å². The molecule has 3 aliphatic rings. The molecule has 0 radical (unpaired) electrons. The first-order valence-corrected chi connectivity index (χ1v) is 22.1. The van der Waals surface area contributed by atoms with Gasteiger partial charge in [0, 0.05) is 53.8 Å². The van der Waals surface area contributed by atoms with Crippen LogP contribution in [0.5, 0.6) is 11.5 Å². The highest BCUT2D eigenvalue weighted by atomic mass is 19.1. The van der Waals surface area contributed by atoms with Crippen LogP contribution in [0.4, 0.5) is 8.78 Å².